The second kappa shape index (κ2) is 6.12. The van der Waals surface area contributed by atoms with Crippen LogP contribution in [0.5, 0.6) is 0 Å². The molecule has 96 valence electrons. The lowest BCUT2D eigenvalue weighted by molar-refractivity contribution is 0.215. The van der Waals surface area contributed by atoms with Gasteiger partial charge in [-0.3, -0.25) is 0 Å². The summed E-state index contributed by atoms with van der Waals surface area (Å²) in [5.74, 6) is 1.87. The SMILES string of the molecule is CCn1cnnc1CNCC1CCN(C)CC1. The Kier molecular flexibility index (Phi) is 4.50. The van der Waals surface area contributed by atoms with Crippen LogP contribution in [0.3, 0.4) is 0 Å². The zero-order valence-electron chi connectivity index (χ0n) is 10.9. The van der Waals surface area contributed by atoms with Gasteiger partial charge >= 0.3 is 0 Å². The molecule has 5 nitrogen and oxygen atoms in total. The molecule has 0 aromatic carbocycles. The molecular formula is C12H23N5. The smallest absolute Gasteiger partial charge is 0.146 e. The normalized spacial score (nSPS) is 18.7. The molecule has 0 bridgehead atoms. The van der Waals surface area contributed by atoms with Crippen LogP contribution in [-0.4, -0.2) is 46.3 Å². The van der Waals surface area contributed by atoms with Gasteiger partial charge in [0.25, 0.3) is 0 Å². The van der Waals surface area contributed by atoms with Gasteiger partial charge in [0.2, 0.25) is 0 Å². The van der Waals surface area contributed by atoms with Crippen LogP contribution < -0.4 is 5.32 Å². The van der Waals surface area contributed by atoms with E-state index in [1.54, 1.807) is 6.33 Å². The summed E-state index contributed by atoms with van der Waals surface area (Å²) in [7, 11) is 2.20. The zero-order valence-corrected chi connectivity index (χ0v) is 10.9. The molecular weight excluding hydrogens is 214 g/mol. The van der Waals surface area contributed by atoms with E-state index >= 15 is 0 Å². The molecule has 5 heteroatoms. The lowest BCUT2D eigenvalue weighted by atomic mass is 9.97. The predicted molar refractivity (Wildman–Crippen MR) is 67.6 cm³/mol. The Hall–Kier alpha value is -0.940. The zero-order chi connectivity index (χ0) is 12.1. The third-order valence-corrected chi connectivity index (χ3v) is 3.59. The molecule has 1 aromatic heterocycles. The molecule has 1 fully saturated rings. The Bertz CT molecular complexity index is 327. The van der Waals surface area contributed by atoms with Crippen LogP contribution in [0.15, 0.2) is 6.33 Å². The molecule has 0 atom stereocenters. The number of rotatable bonds is 5. The van der Waals surface area contributed by atoms with Gasteiger partial charge in [0.05, 0.1) is 6.54 Å². The number of likely N-dealkylation sites (tertiary alicyclic amines) is 1. The summed E-state index contributed by atoms with van der Waals surface area (Å²) in [4.78, 5) is 2.41. The predicted octanol–water partition coefficient (Wildman–Crippen LogP) is 0.729. The van der Waals surface area contributed by atoms with Gasteiger partial charge in [-0.2, -0.15) is 0 Å². The number of nitrogens with zero attached hydrogens (tertiary/aromatic N) is 4. The summed E-state index contributed by atoms with van der Waals surface area (Å²) < 4.78 is 2.08. The molecule has 0 aliphatic carbocycles. The van der Waals surface area contributed by atoms with Gasteiger partial charge in [-0.25, -0.2) is 0 Å². The highest BCUT2D eigenvalue weighted by atomic mass is 15.3. The molecule has 1 aliphatic rings. The molecule has 1 aromatic rings. The van der Waals surface area contributed by atoms with Crippen LogP contribution in [0.4, 0.5) is 0 Å². The minimum Gasteiger partial charge on any atom is -0.317 e. The van der Waals surface area contributed by atoms with Gasteiger partial charge < -0.3 is 14.8 Å². The van der Waals surface area contributed by atoms with E-state index in [4.69, 9.17) is 0 Å². The van der Waals surface area contributed by atoms with E-state index in [9.17, 15) is 0 Å². The average Bonchev–Trinajstić information content (AvgIpc) is 2.79. The van der Waals surface area contributed by atoms with Crippen molar-refractivity contribution < 1.29 is 0 Å². The highest BCUT2D eigenvalue weighted by molar-refractivity contribution is 4.85. The second-order valence-corrected chi connectivity index (χ2v) is 4.91. The standard InChI is InChI=1S/C12H23N5/c1-3-17-10-14-15-12(17)9-13-8-11-4-6-16(2)7-5-11/h10-11,13H,3-9H2,1-2H3. The summed E-state index contributed by atoms with van der Waals surface area (Å²) in [6.45, 7) is 7.46. The van der Waals surface area contributed by atoms with Crippen LogP contribution >= 0.6 is 0 Å². The first-order valence-corrected chi connectivity index (χ1v) is 6.55. The highest BCUT2D eigenvalue weighted by Gasteiger charge is 2.16. The van der Waals surface area contributed by atoms with Crippen LogP contribution in [0, 0.1) is 5.92 Å². The Labute approximate surface area is 103 Å². The maximum absolute atomic E-state index is 4.12. The van der Waals surface area contributed by atoms with Crippen molar-refractivity contribution in [2.24, 2.45) is 5.92 Å². The number of nitrogens with one attached hydrogen (secondary N) is 1. The second-order valence-electron chi connectivity index (χ2n) is 4.91. The first kappa shape index (κ1) is 12.5. The Morgan fingerprint density at radius 3 is 2.88 bits per heavy atom. The third kappa shape index (κ3) is 3.51. The molecule has 1 N–H and O–H groups in total. The maximum atomic E-state index is 4.12. The van der Waals surface area contributed by atoms with Crippen LogP contribution in [0.2, 0.25) is 0 Å². The molecule has 0 unspecified atom stereocenters. The van der Waals surface area contributed by atoms with Crippen molar-refractivity contribution in [3.8, 4) is 0 Å². The van der Waals surface area contributed by atoms with Crippen molar-refractivity contribution >= 4 is 0 Å². The molecule has 2 heterocycles. The van der Waals surface area contributed by atoms with Crippen molar-refractivity contribution in [2.75, 3.05) is 26.7 Å². The Morgan fingerprint density at radius 1 is 1.41 bits per heavy atom. The van der Waals surface area contributed by atoms with Crippen LogP contribution in [-0.2, 0) is 13.1 Å². The number of hydrogen-bond acceptors (Lipinski definition) is 4. The van der Waals surface area contributed by atoms with E-state index in [0.29, 0.717) is 0 Å². The van der Waals surface area contributed by atoms with Crippen LogP contribution in [0.1, 0.15) is 25.6 Å². The number of aryl methyl sites for hydroxylation is 1. The summed E-state index contributed by atoms with van der Waals surface area (Å²) in [6.07, 6.45) is 4.42. The largest absolute Gasteiger partial charge is 0.317 e. The molecule has 1 saturated heterocycles. The van der Waals surface area contributed by atoms with Crippen molar-refractivity contribution in [3.05, 3.63) is 12.2 Å². The van der Waals surface area contributed by atoms with Gasteiger partial charge in [0, 0.05) is 6.54 Å². The average molecular weight is 237 g/mol. The van der Waals surface area contributed by atoms with E-state index in [2.05, 4.69) is 39.0 Å². The van der Waals surface area contributed by atoms with E-state index in [0.717, 1.165) is 31.4 Å². The molecule has 0 saturated carbocycles. The van der Waals surface area contributed by atoms with E-state index in [1.165, 1.54) is 25.9 Å². The van der Waals surface area contributed by atoms with E-state index in [1.807, 2.05) is 0 Å². The summed E-state index contributed by atoms with van der Waals surface area (Å²) in [5, 5.41) is 11.6. The van der Waals surface area contributed by atoms with Gasteiger partial charge in [-0.05, 0) is 52.4 Å². The monoisotopic (exact) mass is 237 g/mol. The van der Waals surface area contributed by atoms with Gasteiger partial charge in [0.15, 0.2) is 0 Å². The summed E-state index contributed by atoms with van der Waals surface area (Å²) in [5.41, 5.74) is 0. The molecule has 0 amide bonds. The van der Waals surface area contributed by atoms with Crippen LogP contribution in [0.25, 0.3) is 0 Å². The first-order chi connectivity index (χ1) is 8.29. The highest BCUT2D eigenvalue weighted by Crippen LogP contribution is 2.14. The lowest BCUT2D eigenvalue weighted by Gasteiger charge is -2.28. The number of piperidine rings is 1. The molecule has 0 radical (unpaired) electrons. The minimum atomic E-state index is 0.823. The fourth-order valence-electron chi connectivity index (χ4n) is 2.33. The van der Waals surface area contributed by atoms with Gasteiger partial charge in [-0.15, -0.1) is 10.2 Å². The lowest BCUT2D eigenvalue weighted by Crippen LogP contribution is -2.35. The Morgan fingerprint density at radius 2 is 2.18 bits per heavy atom. The Balaban J connectivity index is 1.69. The van der Waals surface area contributed by atoms with E-state index in [-0.39, 0.29) is 0 Å². The maximum Gasteiger partial charge on any atom is 0.146 e. The summed E-state index contributed by atoms with van der Waals surface area (Å²) in [6, 6.07) is 0. The fourth-order valence-corrected chi connectivity index (χ4v) is 2.33. The number of hydrogen-bond donors (Lipinski definition) is 1. The molecule has 0 spiro atoms. The van der Waals surface area contributed by atoms with E-state index < -0.39 is 0 Å². The van der Waals surface area contributed by atoms with Gasteiger partial charge in [-0.1, -0.05) is 0 Å². The topological polar surface area (TPSA) is 46.0 Å². The summed E-state index contributed by atoms with van der Waals surface area (Å²) >= 11 is 0. The fraction of sp³-hybridized carbons (Fsp3) is 0.833. The first-order valence-electron chi connectivity index (χ1n) is 6.55. The molecule has 2 rings (SSSR count). The number of aromatic nitrogens is 3. The molecule has 17 heavy (non-hydrogen) atoms. The molecule has 1 aliphatic heterocycles. The van der Waals surface area contributed by atoms with Crippen molar-refractivity contribution in [2.45, 2.75) is 32.9 Å². The third-order valence-electron chi connectivity index (χ3n) is 3.59. The van der Waals surface area contributed by atoms with Crippen molar-refractivity contribution in [1.29, 1.82) is 0 Å². The van der Waals surface area contributed by atoms with Crippen molar-refractivity contribution in [3.63, 3.8) is 0 Å². The van der Waals surface area contributed by atoms with Gasteiger partial charge in [0.1, 0.15) is 12.2 Å². The van der Waals surface area contributed by atoms with Crippen molar-refractivity contribution in [1.82, 2.24) is 25.0 Å². The minimum absolute atomic E-state index is 0.823. The quantitative estimate of drug-likeness (QED) is 0.820.